The average Bonchev–Trinajstić information content (AvgIpc) is 2.78. The van der Waals surface area contributed by atoms with Crippen molar-refractivity contribution in [2.24, 2.45) is 0 Å². The number of rotatable bonds is 9. The van der Waals surface area contributed by atoms with Gasteiger partial charge in [-0.25, -0.2) is 13.1 Å². The number of nitrogens with one attached hydrogen (secondary N) is 2. The van der Waals surface area contributed by atoms with Gasteiger partial charge in [-0.2, -0.15) is 9.37 Å². The highest BCUT2D eigenvalue weighted by Gasteiger charge is 2.23. The number of carbonyl (C=O) groups is 1. The highest BCUT2D eigenvalue weighted by molar-refractivity contribution is 7.89. The van der Waals surface area contributed by atoms with Crippen molar-refractivity contribution in [3.8, 4) is 17.2 Å². The monoisotopic (exact) mass is 515 g/mol. The molecule has 0 aliphatic carbocycles. The summed E-state index contributed by atoms with van der Waals surface area (Å²) in [6.45, 7) is -0.637. The van der Waals surface area contributed by atoms with E-state index in [4.69, 9.17) is 33.0 Å². The molecule has 0 fully saturated rings. The fourth-order valence-electron chi connectivity index (χ4n) is 2.60. The lowest BCUT2D eigenvalue weighted by molar-refractivity contribution is -0.134. The molecule has 0 unspecified atom stereocenters. The summed E-state index contributed by atoms with van der Waals surface area (Å²) in [5.41, 5.74) is 0.695. The number of benzene rings is 2. The molecule has 0 bridgehead atoms. The van der Waals surface area contributed by atoms with E-state index in [1.165, 1.54) is 6.07 Å². The van der Waals surface area contributed by atoms with Gasteiger partial charge in [-0.3, -0.25) is 4.79 Å². The molecule has 0 aliphatic rings. The number of nitrogens with zero attached hydrogens (tertiary/aromatic N) is 1. The van der Waals surface area contributed by atoms with E-state index in [-0.39, 0.29) is 23.1 Å². The largest absolute Gasteiger partial charge is 0.507 e. The molecule has 3 aromatic rings. The summed E-state index contributed by atoms with van der Waals surface area (Å²) in [6.07, 6.45) is 0. The number of carboxylic acids is 1. The zero-order valence-corrected chi connectivity index (χ0v) is 18.9. The first-order valence-electron chi connectivity index (χ1n) is 9.13. The third-order valence-corrected chi connectivity index (χ3v) is 6.26. The standard InChI is InChI=1S/C20H16Cl2FN3O6S/c21-16-18(17(22)20(26-19(16)23)24-10-15(28)29)32-12-6-7-13(27)14(8-12)33(30,31)25-9-11-4-2-1-3-5-11/h1-8,25,27H,9-10H2,(H,24,26)(H,28,29). The number of carboxylic acid groups (broad SMARTS) is 1. The molecule has 0 saturated heterocycles. The molecule has 4 N–H and O–H groups in total. The van der Waals surface area contributed by atoms with Gasteiger partial charge in [0, 0.05) is 12.6 Å². The van der Waals surface area contributed by atoms with Crippen LogP contribution < -0.4 is 14.8 Å². The number of hydrogen-bond acceptors (Lipinski definition) is 7. The molecule has 0 spiro atoms. The molecule has 0 amide bonds. The molecule has 0 saturated carbocycles. The molecule has 1 aromatic heterocycles. The van der Waals surface area contributed by atoms with Gasteiger partial charge in [-0.05, 0) is 17.7 Å². The van der Waals surface area contributed by atoms with Gasteiger partial charge in [0.2, 0.25) is 16.0 Å². The summed E-state index contributed by atoms with van der Waals surface area (Å²) >= 11 is 12.0. The van der Waals surface area contributed by atoms with Gasteiger partial charge < -0.3 is 20.3 Å². The van der Waals surface area contributed by atoms with Gasteiger partial charge in [0.15, 0.2) is 11.6 Å². The lowest BCUT2D eigenvalue weighted by Crippen LogP contribution is -2.23. The number of ether oxygens (including phenoxy) is 1. The number of phenolic OH excluding ortho intramolecular Hbond substituents is 1. The maximum atomic E-state index is 14.1. The molecule has 0 aliphatic heterocycles. The number of aromatic hydroxyl groups is 1. The molecule has 1 heterocycles. The summed E-state index contributed by atoms with van der Waals surface area (Å²) in [7, 11) is -4.17. The molecule has 3 rings (SSSR count). The maximum Gasteiger partial charge on any atom is 0.322 e. The maximum absolute atomic E-state index is 14.1. The Bertz CT molecular complexity index is 1290. The highest BCUT2D eigenvalue weighted by atomic mass is 35.5. The molecule has 0 radical (unpaired) electrons. The van der Waals surface area contributed by atoms with Gasteiger partial charge in [-0.1, -0.05) is 53.5 Å². The van der Waals surface area contributed by atoms with Crippen molar-refractivity contribution in [3.63, 3.8) is 0 Å². The Kier molecular flexibility index (Phi) is 7.59. The minimum absolute atomic E-state index is 0.0282. The van der Waals surface area contributed by atoms with E-state index < -0.39 is 49.9 Å². The summed E-state index contributed by atoms with van der Waals surface area (Å²) in [4.78, 5) is 13.7. The Labute approximate surface area is 197 Å². The van der Waals surface area contributed by atoms with E-state index in [0.717, 1.165) is 12.1 Å². The van der Waals surface area contributed by atoms with Crippen LogP contribution in [0.1, 0.15) is 5.56 Å². The minimum Gasteiger partial charge on any atom is -0.507 e. The van der Waals surface area contributed by atoms with Crippen molar-refractivity contribution in [3.05, 3.63) is 70.1 Å². The number of sulfonamides is 1. The first-order chi connectivity index (χ1) is 15.6. The van der Waals surface area contributed by atoms with Crippen molar-refractivity contribution in [2.45, 2.75) is 11.4 Å². The zero-order valence-electron chi connectivity index (χ0n) is 16.5. The second-order valence-electron chi connectivity index (χ2n) is 6.50. The van der Waals surface area contributed by atoms with Crippen LogP contribution >= 0.6 is 23.2 Å². The Morgan fingerprint density at radius 1 is 1.12 bits per heavy atom. The number of phenols is 1. The van der Waals surface area contributed by atoms with E-state index in [9.17, 15) is 22.7 Å². The summed E-state index contributed by atoms with van der Waals surface area (Å²) < 4.78 is 47.4. The number of halogens is 3. The van der Waals surface area contributed by atoms with Crippen molar-refractivity contribution >= 4 is 45.0 Å². The van der Waals surface area contributed by atoms with Crippen LogP contribution in [-0.4, -0.2) is 36.1 Å². The van der Waals surface area contributed by atoms with Gasteiger partial charge in [0.05, 0.1) is 0 Å². The smallest absolute Gasteiger partial charge is 0.322 e. The lowest BCUT2D eigenvalue weighted by atomic mass is 10.2. The third kappa shape index (κ3) is 6.02. The highest BCUT2D eigenvalue weighted by Crippen LogP contribution is 2.42. The molecule has 174 valence electrons. The molecule has 0 atom stereocenters. The fourth-order valence-corrected chi connectivity index (χ4v) is 4.20. The average molecular weight is 516 g/mol. The summed E-state index contributed by atoms with van der Waals surface area (Å²) in [5.74, 6) is -3.91. The molecular formula is C20H16Cl2FN3O6S. The van der Waals surface area contributed by atoms with Crippen LogP contribution in [0.5, 0.6) is 17.2 Å². The first kappa shape index (κ1) is 24.5. The SMILES string of the molecule is O=C(O)CNc1nc(F)c(Cl)c(Oc2ccc(O)c(S(=O)(=O)NCc3ccccc3)c2)c1Cl. The number of anilines is 1. The normalized spacial score (nSPS) is 11.2. The van der Waals surface area contributed by atoms with Gasteiger partial charge in [0.25, 0.3) is 0 Å². The number of hydrogen-bond donors (Lipinski definition) is 4. The quantitative estimate of drug-likeness (QED) is 0.313. The van der Waals surface area contributed by atoms with E-state index in [2.05, 4.69) is 15.0 Å². The first-order valence-corrected chi connectivity index (χ1v) is 11.4. The Balaban J connectivity index is 1.90. The number of aliphatic carboxylic acids is 1. The van der Waals surface area contributed by atoms with Crippen LogP contribution in [0.3, 0.4) is 0 Å². The molecule has 2 aromatic carbocycles. The molecular weight excluding hydrogens is 500 g/mol. The van der Waals surface area contributed by atoms with Crippen LogP contribution in [0.4, 0.5) is 10.2 Å². The fraction of sp³-hybridized carbons (Fsp3) is 0.100. The second kappa shape index (κ2) is 10.2. The molecule has 13 heteroatoms. The summed E-state index contributed by atoms with van der Waals surface area (Å²) in [5, 5.41) is 20.2. The lowest BCUT2D eigenvalue weighted by Gasteiger charge is -2.15. The van der Waals surface area contributed by atoms with Crippen LogP contribution in [0.25, 0.3) is 0 Å². The molecule has 33 heavy (non-hydrogen) atoms. The van der Waals surface area contributed by atoms with Crippen molar-refractivity contribution in [2.75, 3.05) is 11.9 Å². The van der Waals surface area contributed by atoms with Crippen molar-refractivity contribution < 1.29 is 32.6 Å². The Hall–Kier alpha value is -3.12. The Morgan fingerprint density at radius 2 is 1.82 bits per heavy atom. The summed E-state index contributed by atoms with van der Waals surface area (Å²) in [6, 6.07) is 12.0. The Morgan fingerprint density at radius 3 is 2.48 bits per heavy atom. The van der Waals surface area contributed by atoms with Gasteiger partial charge in [-0.15, -0.1) is 0 Å². The van der Waals surface area contributed by atoms with Gasteiger partial charge in [0.1, 0.15) is 33.0 Å². The topological polar surface area (TPSA) is 138 Å². The van der Waals surface area contributed by atoms with Crippen molar-refractivity contribution in [1.82, 2.24) is 9.71 Å². The van der Waals surface area contributed by atoms with E-state index in [1.807, 2.05) is 0 Å². The van der Waals surface area contributed by atoms with E-state index >= 15 is 0 Å². The number of pyridine rings is 1. The minimum atomic E-state index is -4.17. The van der Waals surface area contributed by atoms with Crippen LogP contribution in [0.2, 0.25) is 10.0 Å². The van der Waals surface area contributed by atoms with E-state index in [0.29, 0.717) is 5.56 Å². The van der Waals surface area contributed by atoms with Crippen LogP contribution in [-0.2, 0) is 21.4 Å². The second-order valence-corrected chi connectivity index (χ2v) is 8.99. The van der Waals surface area contributed by atoms with Crippen LogP contribution in [0, 0.1) is 5.95 Å². The molecule has 9 nitrogen and oxygen atoms in total. The van der Waals surface area contributed by atoms with Crippen LogP contribution in [0.15, 0.2) is 53.4 Å². The third-order valence-electron chi connectivity index (χ3n) is 4.15. The zero-order chi connectivity index (χ0) is 24.2. The van der Waals surface area contributed by atoms with E-state index in [1.54, 1.807) is 30.3 Å². The number of aromatic nitrogens is 1. The predicted molar refractivity (Wildman–Crippen MR) is 119 cm³/mol. The van der Waals surface area contributed by atoms with Crippen molar-refractivity contribution in [1.29, 1.82) is 0 Å². The van der Waals surface area contributed by atoms with Gasteiger partial charge >= 0.3 is 5.97 Å². The predicted octanol–water partition coefficient (Wildman–Crippen LogP) is 4.00.